The SMILES string of the molecule is CC(C)C(CO)NC(=O)CNC1CC1. The van der Waals surface area contributed by atoms with E-state index in [4.69, 9.17) is 5.11 Å². The molecule has 1 unspecified atom stereocenters. The van der Waals surface area contributed by atoms with Crippen molar-refractivity contribution in [3.63, 3.8) is 0 Å². The highest BCUT2D eigenvalue weighted by molar-refractivity contribution is 5.78. The Hall–Kier alpha value is -0.610. The number of carbonyl (C=O) groups excluding carboxylic acids is 1. The quantitative estimate of drug-likeness (QED) is 0.560. The van der Waals surface area contributed by atoms with Crippen molar-refractivity contribution in [3.8, 4) is 0 Å². The zero-order chi connectivity index (χ0) is 10.6. The highest BCUT2D eigenvalue weighted by Gasteiger charge is 2.22. The van der Waals surface area contributed by atoms with Gasteiger partial charge in [0.2, 0.25) is 5.91 Å². The van der Waals surface area contributed by atoms with Gasteiger partial charge in [-0.3, -0.25) is 4.79 Å². The Balaban J connectivity index is 2.15. The lowest BCUT2D eigenvalue weighted by atomic mass is 10.1. The van der Waals surface area contributed by atoms with E-state index >= 15 is 0 Å². The van der Waals surface area contributed by atoms with Crippen molar-refractivity contribution in [1.29, 1.82) is 0 Å². The summed E-state index contributed by atoms with van der Waals surface area (Å²) in [5.74, 6) is 0.245. The van der Waals surface area contributed by atoms with E-state index in [1.54, 1.807) is 0 Å². The molecule has 0 aromatic carbocycles. The standard InChI is InChI=1S/C10H20N2O2/c1-7(2)9(6-13)12-10(14)5-11-8-3-4-8/h7-9,11,13H,3-6H2,1-2H3,(H,12,14). The Bertz CT molecular complexity index is 191. The van der Waals surface area contributed by atoms with Gasteiger partial charge < -0.3 is 15.7 Å². The number of hydrogen-bond acceptors (Lipinski definition) is 3. The summed E-state index contributed by atoms with van der Waals surface area (Å²) < 4.78 is 0. The number of nitrogens with one attached hydrogen (secondary N) is 2. The third kappa shape index (κ3) is 4.07. The van der Waals surface area contributed by atoms with Gasteiger partial charge in [0, 0.05) is 6.04 Å². The molecule has 1 saturated carbocycles. The second-order valence-electron chi connectivity index (χ2n) is 4.26. The molecule has 82 valence electrons. The molecule has 0 radical (unpaired) electrons. The fourth-order valence-corrected chi connectivity index (χ4v) is 1.21. The topological polar surface area (TPSA) is 61.4 Å². The van der Waals surface area contributed by atoms with Gasteiger partial charge in [-0.25, -0.2) is 0 Å². The minimum absolute atomic E-state index is 0.00678. The molecule has 4 nitrogen and oxygen atoms in total. The van der Waals surface area contributed by atoms with Crippen LogP contribution < -0.4 is 10.6 Å². The summed E-state index contributed by atoms with van der Waals surface area (Å²) in [6, 6.07) is 0.427. The number of aliphatic hydroxyl groups excluding tert-OH is 1. The van der Waals surface area contributed by atoms with Gasteiger partial charge in [0.1, 0.15) is 0 Å². The lowest BCUT2D eigenvalue weighted by Gasteiger charge is -2.19. The van der Waals surface area contributed by atoms with Gasteiger partial charge in [0.05, 0.1) is 19.2 Å². The van der Waals surface area contributed by atoms with Crippen LogP contribution in [-0.4, -0.2) is 36.2 Å². The summed E-state index contributed by atoms with van der Waals surface area (Å²) in [6.45, 7) is 4.34. The number of aliphatic hydroxyl groups is 1. The first kappa shape index (κ1) is 11.5. The molecule has 1 fully saturated rings. The molecule has 4 heteroatoms. The molecule has 0 aromatic rings. The van der Waals surface area contributed by atoms with Crippen molar-refractivity contribution in [2.24, 2.45) is 5.92 Å². The Morgan fingerprint density at radius 2 is 2.14 bits per heavy atom. The first-order chi connectivity index (χ1) is 6.63. The number of carbonyl (C=O) groups is 1. The summed E-state index contributed by atoms with van der Waals surface area (Å²) in [5.41, 5.74) is 0. The van der Waals surface area contributed by atoms with Crippen molar-refractivity contribution >= 4 is 5.91 Å². The Labute approximate surface area is 85.1 Å². The van der Waals surface area contributed by atoms with Gasteiger partial charge in [-0.15, -0.1) is 0 Å². The van der Waals surface area contributed by atoms with E-state index in [-0.39, 0.29) is 24.5 Å². The molecule has 14 heavy (non-hydrogen) atoms. The third-order valence-electron chi connectivity index (χ3n) is 2.48. The number of hydrogen-bond donors (Lipinski definition) is 3. The zero-order valence-electron chi connectivity index (χ0n) is 8.92. The lowest BCUT2D eigenvalue weighted by molar-refractivity contribution is -0.121. The zero-order valence-corrected chi connectivity index (χ0v) is 8.92. The Morgan fingerprint density at radius 3 is 2.57 bits per heavy atom. The van der Waals surface area contributed by atoms with E-state index in [0.717, 1.165) is 0 Å². The van der Waals surface area contributed by atoms with Gasteiger partial charge in [-0.2, -0.15) is 0 Å². The van der Waals surface area contributed by atoms with Gasteiger partial charge >= 0.3 is 0 Å². The van der Waals surface area contributed by atoms with E-state index in [2.05, 4.69) is 10.6 Å². The van der Waals surface area contributed by atoms with E-state index in [1.807, 2.05) is 13.8 Å². The maximum atomic E-state index is 11.4. The smallest absolute Gasteiger partial charge is 0.234 e. The molecular weight excluding hydrogens is 180 g/mol. The molecular formula is C10H20N2O2. The molecule has 0 aromatic heterocycles. The predicted molar refractivity (Wildman–Crippen MR) is 54.9 cm³/mol. The summed E-state index contributed by atoms with van der Waals surface area (Å²) in [5, 5.41) is 14.9. The van der Waals surface area contributed by atoms with E-state index < -0.39 is 0 Å². The molecule has 0 spiro atoms. The van der Waals surface area contributed by atoms with Crippen LogP contribution >= 0.6 is 0 Å². The molecule has 1 aliphatic carbocycles. The van der Waals surface area contributed by atoms with Crippen LogP contribution in [0.25, 0.3) is 0 Å². The van der Waals surface area contributed by atoms with Crippen LogP contribution in [0.15, 0.2) is 0 Å². The van der Waals surface area contributed by atoms with Crippen LogP contribution in [0, 0.1) is 5.92 Å². The fourth-order valence-electron chi connectivity index (χ4n) is 1.21. The Kier molecular flexibility index (Phi) is 4.35. The Morgan fingerprint density at radius 1 is 1.50 bits per heavy atom. The lowest BCUT2D eigenvalue weighted by Crippen LogP contribution is -2.45. The predicted octanol–water partition coefficient (Wildman–Crippen LogP) is -0.128. The van der Waals surface area contributed by atoms with Crippen molar-refractivity contribution in [2.75, 3.05) is 13.2 Å². The van der Waals surface area contributed by atoms with Crippen LogP contribution in [0.4, 0.5) is 0 Å². The van der Waals surface area contributed by atoms with Crippen LogP contribution in [-0.2, 0) is 4.79 Å². The number of amides is 1. The van der Waals surface area contributed by atoms with Crippen LogP contribution in [0.2, 0.25) is 0 Å². The minimum atomic E-state index is -0.122. The van der Waals surface area contributed by atoms with Crippen LogP contribution in [0.5, 0.6) is 0 Å². The van der Waals surface area contributed by atoms with Crippen molar-refractivity contribution in [2.45, 2.75) is 38.8 Å². The highest BCUT2D eigenvalue weighted by Crippen LogP contribution is 2.17. The molecule has 1 amide bonds. The maximum absolute atomic E-state index is 11.4. The third-order valence-corrected chi connectivity index (χ3v) is 2.48. The van der Waals surface area contributed by atoms with Crippen molar-refractivity contribution in [1.82, 2.24) is 10.6 Å². The number of rotatable bonds is 6. The average Bonchev–Trinajstić information content (AvgIpc) is 2.93. The van der Waals surface area contributed by atoms with Crippen molar-refractivity contribution < 1.29 is 9.90 Å². The summed E-state index contributed by atoms with van der Waals surface area (Å²) >= 11 is 0. The molecule has 0 bridgehead atoms. The molecule has 0 heterocycles. The monoisotopic (exact) mass is 200 g/mol. The summed E-state index contributed by atoms with van der Waals surface area (Å²) in [6.07, 6.45) is 2.36. The van der Waals surface area contributed by atoms with Gasteiger partial charge in [0.25, 0.3) is 0 Å². The second kappa shape index (κ2) is 5.32. The molecule has 3 N–H and O–H groups in total. The molecule has 1 aliphatic rings. The first-order valence-corrected chi connectivity index (χ1v) is 5.27. The van der Waals surface area contributed by atoms with Gasteiger partial charge in [-0.1, -0.05) is 13.8 Å². The minimum Gasteiger partial charge on any atom is -0.394 e. The fraction of sp³-hybridized carbons (Fsp3) is 0.900. The molecule has 1 rings (SSSR count). The molecule has 1 atom stereocenters. The summed E-state index contributed by atoms with van der Waals surface area (Å²) in [7, 11) is 0. The largest absolute Gasteiger partial charge is 0.394 e. The highest BCUT2D eigenvalue weighted by atomic mass is 16.3. The van der Waals surface area contributed by atoms with E-state index in [0.29, 0.717) is 12.6 Å². The van der Waals surface area contributed by atoms with E-state index in [1.165, 1.54) is 12.8 Å². The normalized spacial score (nSPS) is 18.3. The first-order valence-electron chi connectivity index (χ1n) is 5.27. The van der Waals surface area contributed by atoms with Crippen LogP contribution in [0.3, 0.4) is 0 Å². The van der Waals surface area contributed by atoms with Gasteiger partial charge in [-0.05, 0) is 18.8 Å². The van der Waals surface area contributed by atoms with E-state index in [9.17, 15) is 4.79 Å². The summed E-state index contributed by atoms with van der Waals surface area (Å²) in [4.78, 5) is 11.4. The second-order valence-corrected chi connectivity index (χ2v) is 4.26. The van der Waals surface area contributed by atoms with Gasteiger partial charge in [0.15, 0.2) is 0 Å². The average molecular weight is 200 g/mol. The molecule has 0 saturated heterocycles. The van der Waals surface area contributed by atoms with Crippen molar-refractivity contribution in [3.05, 3.63) is 0 Å². The van der Waals surface area contributed by atoms with Crippen LogP contribution in [0.1, 0.15) is 26.7 Å². The maximum Gasteiger partial charge on any atom is 0.234 e. The molecule has 0 aliphatic heterocycles.